The van der Waals surface area contributed by atoms with Crippen LogP contribution in [0.5, 0.6) is 0 Å². The van der Waals surface area contributed by atoms with E-state index in [4.69, 9.17) is 0 Å². The van der Waals surface area contributed by atoms with Crippen LogP contribution >= 0.6 is 0 Å². The van der Waals surface area contributed by atoms with E-state index in [1.165, 1.54) is 19.3 Å². The average molecular weight is 331 g/mol. The van der Waals surface area contributed by atoms with Crippen LogP contribution in [0.2, 0.25) is 0 Å². The number of aromatic nitrogens is 1. The number of fused-ring (bicyclic) bond motifs is 1. The highest BCUT2D eigenvalue weighted by Gasteiger charge is 2.15. The summed E-state index contributed by atoms with van der Waals surface area (Å²) in [4.78, 5) is 19.4. The zero-order valence-electron chi connectivity index (χ0n) is 14.1. The lowest BCUT2D eigenvalue weighted by Crippen LogP contribution is -2.30. The van der Waals surface area contributed by atoms with E-state index in [9.17, 15) is 4.79 Å². The zero-order valence-corrected chi connectivity index (χ0v) is 14.1. The first-order valence-electron chi connectivity index (χ1n) is 8.81. The number of pyridine rings is 1. The normalized spacial score (nSPS) is 14.5. The van der Waals surface area contributed by atoms with Crippen molar-refractivity contribution in [1.82, 2.24) is 4.98 Å². The largest absolute Gasteiger partial charge is 0.357 e. The molecule has 0 radical (unpaired) electrons. The molecule has 0 atom stereocenters. The molecular weight excluding hydrogens is 310 g/mol. The lowest BCUT2D eigenvalue weighted by atomic mass is 10.1. The molecule has 2 aromatic carbocycles. The number of nitrogens with zero attached hydrogens (tertiary/aromatic N) is 2. The van der Waals surface area contributed by atoms with Crippen LogP contribution in [-0.2, 0) is 0 Å². The van der Waals surface area contributed by atoms with Crippen LogP contribution in [-0.4, -0.2) is 24.0 Å². The van der Waals surface area contributed by atoms with Crippen LogP contribution in [0.15, 0.2) is 60.8 Å². The van der Waals surface area contributed by atoms with E-state index in [0.29, 0.717) is 5.56 Å². The number of hydrogen-bond acceptors (Lipinski definition) is 3. The molecule has 3 aromatic rings. The van der Waals surface area contributed by atoms with Crippen molar-refractivity contribution in [3.05, 3.63) is 66.4 Å². The van der Waals surface area contributed by atoms with Crippen LogP contribution in [0.25, 0.3) is 10.8 Å². The van der Waals surface area contributed by atoms with Gasteiger partial charge in [0.2, 0.25) is 0 Å². The minimum Gasteiger partial charge on any atom is -0.357 e. The molecular formula is C21H21N3O. The number of anilines is 2. The van der Waals surface area contributed by atoms with Crippen molar-refractivity contribution in [3.63, 3.8) is 0 Å². The highest BCUT2D eigenvalue weighted by Crippen LogP contribution is 2.24. The Morgan fingerprint density at radius 3 is 2.64 bits per heavy atom. The van der Waals surface area contributed by atoms with E-state index in [-0.39, 0.29) is 5.91 Å². The summed E-state index contributed by atoms with van der Waals surface area (Å²) in [5.41, 5.74) is 1.47. The SMILES string of the molecule is O=C(Nc1cccc2ccccc12)c1ccnc(N2CCCCC2)c1. The molecule has 1 aromatic heterocycles. The monoisotopic (exact) mass is 331 g/mol. The summed E-state index contributed by atoms with van der Waals surface area (Å²) < 4.78 is 0. The number of benzene rings is 2. The van der Waals surface area contributed by atoms with Crippen LogP contribution in [0.3, 0.4) is 0 Å². The molecule has 0 bridgehead atoms. The third kappa shape index (κ3) is 3.33. The Labute approximate surface area is 147 Å². The summed E-state index contributed by atoms with van der Waals surface area (Å²) in [6.07, 6.45) is 5.38. The predicted octanol–water partition coefficient (Wildman–Crippen LogP) is 4.48. The van der Waals surface area contributed by atoms with Gasteiger partial charge >= 0.3 is 0 Å². The van der Waals surface area contributed by atoms with Gasteiger partial charge in [0.25, 0.3) is 5.91 Å². The molecule has 1 saturated heterocycles. The predicted molar refractivity (Wildman–Crippen MR) is 102 cm³/mol. The number of amides is 1. The molecule has 0 saturated carbocycles. The maximum atomic E-state index is 12.7. The fourth-order valence-electron chi connectivity index (χ4n) is 3.38. The van der Waals surface area contributed by atoms with E-state index in [2.05, 4.69) is 15.2 Å². The van der Waals surface area contributed by atoms with Crippen molar-refractivity contribution in [2.24, 2.45) is 0 Å². The van der Waals surface area contributed by atoms with E-state index < -0.39 is 0 Å². The van der Waals surface area contributed by atoms with E-state index in [0.717, 1.165) is 35.4 Å². The Bertz CT molecular complexity index is 895. The Balaban J connectivity index is 1.58. The standard InChI is InChI=1S/C21H21N3O/c25-21(23-19-10-6-8-16-7-2-3-9-18(16)19)17-11-12-22-20(15-17)24-13-4-1-5-14-24/h2-3,6-12,15H,1,4-5,13-14H2,(H,23,25). The Morgan fingerprint density at radius 1 is 0.960 bits per heavy atom. The second kappa shape index (κ2) is 6.93. The molecule has 0 spiro atoms. The van der Waals surface area contributed by atoms with Crippen molar-refractivity contribution in [2.45, 2.75) is 19.3 Å². The number of nitrogens with one attached hydrogen (secondary N) is 1. The van der Waals surface area contributed by atoms with E-state index >= 15 is 0 Å². The minimum absolute atomic E-state index is 0.1000. The topological polar surface area (TPSA) is 45.2 Å². The first-order valence-corrected chi connectivity index (χ1v) is 8.81. The first kappa shape index (κ1) is 15.6. The third-order valence-electron chi connectivity index (χ3n) is 4.73. The molecule has 0 aliphatic carbocycles. The van der Waals surface area contributed by atoms with Gasteiger partial charge in [-0.05, 0) is 42.8 Å². The van der Waals surface area contributed by atoms with Gasteiger partial charge in [0.15, 0.2) is 0 Å². The van der Waals surface area contributed by atoms with Crippen molar-refractivity contribution in [1.29, 1.82) is 0 Å². The van der Waals surface area contributed by atoms with Gasteiger partial charge in [-0.3, -0.25) is 4.79 Å². The number of carbonyl (C=O) groups excluding carboxylic acids is 1. The van der Waals surface area contributed by atoms with Crippen molar-refractivity contribution >= 4 is 28.2 Å². The lowest BCUT2D eigenvalue weighted by Gasteiger charge is -2.27. The van der Waals surface area contributed by atoms with Gasteiger partial charge in [-0.15, -0.1) is 0 Å². The summed E-state index contributed by atoms with van der Waals surface area (Å²) in [6.45, 7) is 2.03. The molecule has 1 amide bonds. The summed E-state index contributed by atoms with van der Waals surface area (Å²) in [7, 11) is 0. The molecule has 4 rings (SSSR count). The van der Waals surface area contributed by atoms with Gasteiger partial charge in [-0.1, -0.05) is 36.4 Å². The number of piperidine rings is 1. The molecule has 2 heterocycles. The molecule has 1 fully saturated rings. The highest BCUT2D eigenvalue weighted by atomic mass is 16.1. The molecule has 0 unspecified atom stereocenters. The van der Waals surface area contributed by atoms with Crippen LogP contribution in [0.4, 0.5) is 11.5 Å². The second-order valence-corrected chi connectivity index (χ2v) is 6.43. The van der Waals surface area contributed by atoms with Crippen LogP contribution in [0.1, 0.15) is 29.6 Å². The Kier molecular flexibility index (Phi) is 4.34. The lowest BCUT2D eigenvalue weighted by molar-refractivity contribution is 0.102. The summed E-state index contributed by atoms with van der Waals surface area (Å²) in [5, 5.41) is 5.21. The fourth-order valence-corrected chi connectivity index (χ4v) is 3.38. The summed E-state index contributed by atoms with van der Waals surface area (Å²) in [6, 6.07) is 17.7. The fraction of sp³-hybridized carbons (Fsp3) is 0.238. The molecule has 1 aliphatic heterocycles. The number of rotatable bonds is 3. The molecule has 1 N–H and O–H groups in total. The van der Waals surface area contributed by atoms with Gasteiger partial charge < -0.3 is 10.2 Å². The van der Waals surface area contributed by atoms with E-state index in [1.54, 1.807) is 12.3 Å². The van der Waals surface area contributed by atoms with Crippen molar-refractivity contribution in [3.8, 4) is 0 Å². The molecule has 126 valence electrons. The molecule has 4 heteroatoms. The molecule has 4 nitrogen and oxygen atoms in total. The van der Waals surface area contributed by atoms with Crippen LogP contribution < -0.4 is 10.2 Å². The van der Waals surface area contributed by atoms with E-state index in [1.807, 2.05) is 48.5 Å². The smallest absolute Gasteiger partial charge is 0.255 e. The second-order valence-electron chi connectivity index (χ2n) is 6.43. The first-order chi connectivity index (χ1) is 12.3. The zero-order chi connectivity index (χ0) is 17.1. The Morgan fingerprint density at radius 2 is 1.76 bits per heavy atom. The van der Waals surface area contributed by atoms with Crippen LogP contribution in [0, 0.1) is 0 Å². The van der Waals surface area contributed by atoms with Gasteiger partial charge in [0.1, 0.15) is 5.82 Å². The summed E-state index contributed by atoms with van der Waals surface area (Å²) in [5.74, 6) is 0.794. The average Bonchev–Trinajstić information content (AvgIpc) is 2.69. The Hall–Kier alpha value is -2.88. The van der Waals surface area contributed by atoms with Gasteiger partial charge in [0, 0.05) is 35.9 Å². The molecule has 25 heavy (non-hydrogen) atoms. The maximum absolute atomic E-state index is 12.7. The highest BCUT2D eigenvalue weighted by molar-refractivity contribution is 6.09. The molecule has 1 aliphatic rings. The van der Waals surface area contributed by atoms with Gasteiger partial charge in [-0.25, -0.2) is 4.98 Å². The maximum Gasteiger partial charge on any atom is 0.255 e. The summed E-state index contributed by atoms with van der Waals surface area (Å²) >= 11 is 0. The third-order valence-corrected chi connectivity index (χ3v) is 4.73. The minimum atomic E-state index is -0.1000. The number of hydrogen-bond donors (Lipinski definition) is 1. The van der Waals surface area contributed by atoms with Gasteiger partial charge in [0.05, 0.1) is 0 Å². The number of carbonyl (C=O) groups is 1. The quantitative estimate of drug-likeness (QED) is 0.770. The van der Waals surface area contributed by atoms with Crippen molar-refractivity contribution in [2.75, 3.05) is 23.3 Å². The van der Waals surface area contributed by atoms with Crippen molar-refractivity contribution < 1.29 is 4.79 Å². The van der Waals surface area contributed by atoms with Gasteiger partial charge in [-0.2, -0.15) is 0 Å².